The van der Waals surface area contributed by atoms with Crippen LogP contribution in [-0.2, 0) is 0 Å². The van der Waals surface area contributed by atoms with Crippen LogP contribution >= 0.6 is 0 Å². The van der Waals surface area contributed by atoms with Crippen molar-refractivity contribution >= 4 is 5.91 Å². The maximum Gasteiger partial charge on any atom is 0.255 e. The summed E-state index contributed by atoms with van der Waals surface area (Å²) in [6.45, 7) is 2.23. The predicted octanol–water partition coefficient (Wildman–Crippen LogP) is 3.02. The monoisotopic (exact) mass is 307 g/mol. The van der Waals surface area contributed by atoms with Gasteiger partial charge in [0.2, 0.25) is 0 Å². The second-order valence-electron chi connectivity index (χ2n) is 5.85. The van der Waals surface area contributed by atoms with Gasteiger partial charge in [0.05, 0.1) is 26.9 Å². The molecule has 1 aliphatic carbocycles. The Morgan fingerprint density at radius 3 is 2.27 bits per heavy atom. The Kier molecular flexibility index (Phi) is 5.52. The molecule has 0 spiro atoms. The molecular weight excluding hydrogens is 282 g/mol. The van der Waals surface area contributed by atoms with E-state index in [1.165, 1.54) is 6.42 Å². The summed E-state index contributed by atoms with van der Waals surface area (Å²) in [6.07, 6.45) is 4.47. The lowest BCUT2D eigenvalue weighted by molar-refractivity contribution is 0.0918. The number of benzene rings is 1. The molecule has 5 nitrogen and oxygen atoms in total. The lowest BCUT2D eigenvalue weighted by Crippen LogP contribution is -2.38. The second kappa shape index (κ2) is 7.38. The molecule has 0 aliphatic heterocycles. The number of hydrogen-bond donors (Lipinski definition) is 1. The van der Waals surface area contributed by atoms with E-state index in [1.54, 1.807) is 33.5 Å². The molecule has 0 saturated heterocycles. The summed E-state index contributed by atoms with van der Waals surface area (Å²) >= 11 is 0. The van der Waals surface area contributed by atoms with Crippen molar-refractivity contribution in [3.63, 3.8) is 0 Å². The highest BCUT2D eigenvalue weighted by atomic mass is 16.5. The molecule has 1 aromatic carbocycles. The van der Waals surface area contributed by atoms with Crippen LogP contribution in [0.4, 0.5) is 0 Å². The van der Waals surface area contributed by atoms with E-state index in [-0.39, 0.29) is 11.9 Å². The molecule has 122 valence electrons. The molecule has 1 aromatic rings. The van der Waals surface area contributed by atoms with Crippen LogP contribution < -0.4 is 19.5 Å². The van der Waals surface area contributed by atoms with Gasteiger partial charge in [0.25, 0.3) is 5.91 Å². The SMILES string of the molecule is COc1cc(OC)c(C(=O)NC2CCCC(C)C2)cc1OC. The van der Waals surface area contributed by atoms with Gasteiger partial charge in [0.1, 0.15) is 5.75 Å². The van der Waals surface area contributed by atoms with Crippen molar-refractivity contribution in [3.05, 3.63) is 17.7 Å². The highest BCUT2D eigenvalue weighted by Gasteiger charge is 2.23. The zero-order valence-corrected chi connectivity index (χ0v) is 13.8. The number of nitrogens with one attached hydrogen (secondary N) is 1. The molecule has 1 aliphatic rings. The van der Waals surface area contributed by atoms with Crippen LogP contribution in [0.25, 0.3) is 0 Å². The standard InChI is InChI=1S/C17H25NO4/c1-11-6-5-7-12(8-11)18-17(19)13-9-15(21-3)16(22-4)10-14(13)20-2/h9-12H,5-8H2,1-4H3,(H,18,19). The first kappa shape index (κ1) is 16.5. The van der Waals surface area contributed by atoms with Gasteiger partial charge >= 0.3 is 0 Å². The van der Waals surface area contributed by atoms with E-state index in [0.717, 1.165) is 19.3 Å². The summed E-state index contributed by atoms with van der Waals surface area (Å²) in [6, 6.07) is 3.57. The van der Waals surface area contributed by atoms with Gasteiger partial charge in [0.15, 0.2) is 11.5 Å². The minimum absolute atomic E-state index is 0.128. The third-order valence-electron chi connectivity index (χ3n) is 4.22. The Balaban J connectivity index is 2.20. The minimum Gasteiger partial charge on any atom is -0.496 e. The molecule has 0 bridgehead atoms. The minimum atomic E-state index is -0.128. The van der Waals surface area contributed by atoms with Crippen molar-refractivity contribution in [1.29, 1.82) is 0 Å². The Hall–Kier alpha value is -1.91. The van der Waals surface area contributed by atoms with Crippen LogP contribution in [0.1, 0.15) is 43.0 Å². The molecular formula is C17H25NO4. The summed E-state index contributed by atoms with van der Waals surface area (Å²) in [5.74, 6) is 2.08. The third-order valence-corrected chi connectivity index (χ3v) is 4.22. The summed E-state index contributed by atoms with van der Waals surface area (Å²) < 4.78 is 15.8. The van der Waals surface area contributed by atoms with Gasteiger partial charge < -0.3 is 19.5 Å². The molecule has 22 heavy (non-hydrogen) atoms. The Morgan fingerprint density at radius 1 is 1.05 bits per heavy atom. The fourth-order valence-corrected chi connectivity index (χ4v) is 3.04. The van der Waals surface area contributed by atoms with E-state index < -0.39 is 0 Å². The predicted molar refractivity (Wildman–Crippen MR) is 85.0 cm³/mol. The Labute approximate surface area is 131 Å². The molecule has 5 heteroatoms. The molecule has 2 atom stereocenters. The average Bonchev–Trinajstić information content (AvgIpc) is 2.53. The summed E-state index contributed by atoms with van der Waals surface area (Å²) in [5, 5.41) is 3.11. The van der Waals surface area contributed by atoms with Gasteiger partial charge in [-0.25, -0.2) is 0 Å². The van der Waals surface area contributed by atoms with Crippen molar-refractivity contribution in [2.45, 2.75) is 38.6 Å². The topological polar surface area (TPSA) is 56.8 Å². The number of carbonyl (C=O) groups is 1. The Bertz CT molecular complexity index is 530. The van der Waals surface area contributed by atoms with E-state index in [1.807, 2.05) is 0 Å². The van der Waals surface area contributed by atoms with Crippen molar-refractivity contribution < 1.29 is 19.0 Å². The first-order valence-electron chi connectivity index (χ1n) is 7.69. The maximum atomic E-state index is 12.6. The number of rotatable bonds is 5. The van der Waals surface area contributed by atoms with Crippen LogP contribution in [0, 0.1) is 5.92 Å². The highest BCUT2D eigenvalue weighted by Crippen LogP contribution is 2.35. The molecule has 1 fully saturated rings. The number of hydrogen-bond acceptors (Lipinski definition) is 4. The van der Waals surface area contributed by atoms with Crippen molar-refractivity contribution in [1.82, 2.24) is 5.32 Å². The van der Waals surface area contributed by atoms with Crippen LogP contribution in [0.3, 0.4) is 0 Å². The van der Waals surface area contributed by atoms with Crippen molar-refractivity contribution in [2.75, 3.05) is 21.3 Å². The normalized spacial score (nSPS) is 21.1. The molecule has 2 rings (SSSR count). The maximum absolute atomic E-state index is 12.6. The number of carbonyl (C=O) groups excluding carboxylic acids is 1. The third kappa shape index (κ3) is 3.64. The lowest BCUT2D eigenvalue weighted by atomic mass is 9.87. The number of amides is 1. The van der Waals surface area contributed by atoms with E-state index in [2.05, 4.69) is 12.2 Å². The van der Waals surface area contributed by atoms with Crippen molar-refractivity contribution in [3.8, 4) is 17.2 Å². The molecule has 1 saturated carbocycles. The highest BCUT2D eigenvalue weighted by molar-refractivity contribution is 5.98. The Morgan fingerprint density at radius 2 is 1.68 bits per heavy atom. The molecule has 1 amide bonds. The average molecular weight is 307 g/mol. The second-order valence-corrected chi connectivity index (χ2v) is 5.85. The quantitative estimate of drug-likeness (QED) is 0.908. The summed E-state index contributed by atoms with van der Waals surface area (Å²) in [5.41, 5.74) is 0.471. The van der Waals surface area contributed by atoms with E-state index in [9.17, 15) is 4.79 Å². The van der Waals surface area contributed by atoms with Gasteiger partial charge in [-0.05, 0) is 18.8 Å². The van der Waals surface area contributed by atoms with Gasteiger partial charge in [-0.3, -0.25) is 4.79 Å². The molecule has 2 unspecified atom stereocenters. The van der Waals surface area contributed by atoms with Gasteiger partial charge in [-0.2, -0.15) is 0 Å². The van der Waals surface area contributed by atoms with E-state index in [0.29, 0.717) is 28.7 Å². The summed E-state index contributed by atoms with van der Waals surface area (Å²) in [7, 11) is 4.65. The first-order valence-corrected chi connectivity index (χ1v) is 7.69. The molecule has 1 N–H and O–H groups in total. The van der Waals surface area contributed by atoms with Crippen LogP contribution in [-0.4, -0.2) is 33.3 Å². The molecule has 0 aromatic heterocycles. The smallest absolute Gasteiger partial charge is 0.255 e. The first-order chi connectivity index (χ1) is 10.6. The largest absolute Gasteiger partial charge is 0.496 e. The number of ether oxygens (including phenoxy) is 3. The fraction of sp³-hybridized carbons (Fsp3) is 0.588. The summed E-state index contributed by atoms with van der Waals surface area (Å²) in [4.78, 5) is 12.6. The van der Waals surface area contributed by atoms with E-state index in [4.69, 9.17) is 14.2 Å². The van der Waals surface area contributed by atoms with Crippen LogP contribution in [0.15, 0.2) is 12.1 Å². The molecule has 0 radical (unpaired) electrons. The van der Waals surface area contributed by atoms with Crippen LogP contribution in [0.2, 0.25) is 0 Å². The van der Waals surface area contributed by atoms with Gasteiger partial charge in [-0.15, -0.1) is 0 Å². The zero-order chi connectivity index (χ0) is 16.1. The van der Waals surface area contributed by atoms with Gasteiger partial charge in [-0.1, -0.05) is 19.8 Å². The fourth-order valence-electron chi connectivity index (χ4n) is 3.04. The van der Waals surface area contributed by atoms with Crippen molar-refractivity contribution in [2.24, 2.45) is 5.92 Å². The van der Waals surface area contributed by atoms with E-state index >= 15 is 0 Å². The van der Waals surface area contributed by atoms with Gasteiger partial charge in [0, 0.05) is 18.2 Å². The zero-order valence-electron chi connectivity index (χ0n) is 13.8. The van der Waals surface area contributed by atoms with Crippen LogP contribution in [0.5, 0.6) is 17.2 Å². The lowest BCUT2D eigenvalue weighted by Gasteiger charge is -2.27. The number of methoxy groups -OCH3 is 3. The molecule has 0 heterocycles.